The number of urea groups is 1. The van der Waals surface area contributed by atoms with E-state index in [1.54, 1.807) is 18.2 Å². The molecule has 0 saturated heterocycles. The summed E-state index contributed by atoms with van der Waals surface area (Å²) in [6, 6.07) is 6.79. The fourth-order valence-corrected chi connectivity index (χ4v) is 3.47. The van der Waals surface area contributed by atoms with Crippen LogP contribution in [0.15, 0.2) is 18.2 Å². The van der Waals surface area contributed by atoms with E-state index in [1.165, 1.54) is 12.8 Å². The van der Waals surface area contributed by atoms with E-state index in [2.05, 4.69) is 10.6 Å². The van der Waals surface area contributed by atoms with Gasteiger partial charge in [-0.15, -0.1) is 0 Å². The van der Waals surface area contributed by atoms with Crippen molar-refractivity contribution >= 4 is 17.7 Å². The maximum Gasteiger partial charge on any atom is 0.319 e. The number of nitrogens with one attached hydrogen (secondary N) is 2. The van der Waals surface area contributed by atoms with Crippen LogP contribution in [0.2, 0.25) is 0 Å². The topological polar surface area (TPSA) is 115 Å². The van der Waals surface area contributed by atoms with Crippen LogP contribution in [0, 0.1) is 17.2 Å². The molecule has 3 rings (SSSR count). The molecule has 1 aromatic carbocycles. The second-order valence-electron chi connectivity index (χ2n) is 7.44. The lowest BCUT2D eigenvalue weighted by Crippen LogP contribution is -2.55. The number of anilines is 1. The molecule has 0 unspecified atom stereocenters. The highest BCUT2D eigenvalue weighted by Gasteiger charge is 2.37. The third-order valence-electron chi connectivity index (χ3n) is 5.15. The summed E-state index contributed by atoms with van der Waals surface area (Å²) in [7, 11) is 0. The molecule has 0 aromatic heterocycles. The molecule has 0 radical (unpaired) electrons. The van der Waals surface area contributed by atoms with Crippen molar-refractivity contribution in [3.63, 3.8) is 0 Å². The Morgan fingerprint density at radius 3 is 2.71 bits per heavy atom. The van der Waals surface area contributed by atoms with Crippen molar-refractivity contribution in [3.8, 4) is 11.8 Å². The molecule has 2 aliphatic carbocycles. The number of carbonyl (C=O) groups excluding carboxylic acids is 1. The van der Waals surface area contributed by atoms with E-state index < -0.39 is 5.97 Å². The summed E-state index contributed by atoms with van der Waals surface area (Å²) in [6.07, 6.45) is 3.83. The summed E-state index contributed by atoms with van der Waals surface area (Å²) in [4.78, 5) is 25.5. The quantitative estimate of drug-likeness (QED) is 0.600. The van der Waals surface area contributed by atoms with Gasteiger partial charge >= 0.3 is 12.0 Å². The first-order valence-electron chi connectivity index (χ1n) is 9.68. The van der Waals surface area contributed by atoms with Crippen molar-refractivity contribution in [1.82, 2.24) is 10.2 Å². The number of nitrogens with zero attached hydrogens (tertiary/aromatic N) is 2. The van der Waals surface area contributed by atoms with Gasteiger partial charge in [0, 0.05) is 18.6 Å². The van der Waals surface area contributed by atoms with Gasteiger partial charge in [0.2, 0.25) is 0 Å². The number of hydrogen-bond donors (Lipinski definition) is 3. The summed E-state index contributed by atoms with van der Waals surface area (Å²) in [5, 5.41) is 23.8. The van der Waals surface area contributed by atoms with Gasteiger partial charge < -0.3 is 20.5 Å². The average Bonchev–Trinajstić information content (AvgIpc) is 3.42. The first kappa shape index (κ1) is 20.0. The van der Waals surface area contributed by atoms with Crippen molar-refractivity contribution in [3.05, 3.63) is 23.8 Å². The number of aliphatic carboxylic acids is 1. The van der Waals surface area contributed by atoms with Crippen molar-refractivity contribution in [1.29, 1.82) is 5.26 Å². The summed E-state index contributed by atoms with van der Waals surface area (Å²) < 4.78 is 5.50. The summed E-state index contributed by atoms with van der Waals surface area (Å²) in [5.74, 6) is 0.329. The second-order valence-corrected chi connectivity index (χ2v) is 7.44. The molecule has 1 aromatic rings. The number of rotatable bonds is 9. The van der Waals surface area contributed by atoms with E-state index in [4.69, 9.17) is 15.1 Å². The molecule has 2 fully saturated rings. The summed E-state index contributed by atoms with van der Waals surface area (Å²) in [5.41, 5.74) is 0.891. The van der Waals surface area contributed by atoms with Gasteiger partial charge in [-0.1, -0.05) is 0 Å². The monoisotopic (exact) mass is 386 g/mol. The van der Waals surface area contributed by atoms with Crippen LogP contribution < -0.4 is 15.4 Å². The Bertz CT molecular complexity index is 766. The van der Waals surface area contributed by atoms with Crippen LogP contribution in [0.4, 0.5) is 10.5 Å². The minimum absolute atomic E-state index is 0.00944. The highest BCUT2D eigenvalue weighted by Crippen LogP contribution is 2.34. The smallest absolute Gasteiger partial charge is 0.319 e. The molecule has 28 heavy (non-hydrogen) atoms. The van der Waals surface area contributed by atoms with Crippen molar-refractivity contribution in [2.24, 2.45) is 5.92 Å². The molecule has 0 bridgehead atoms. The Balaban J connectivity index is 1.51. The van der Waals surface area contributed by atoms with Gasteiger partial charge in [-0.25, -0.2) is 4.79 Å². The Morgan fingerprint density at radius 1 is 1.36 bits per heavy atom. The Labute approximate surface area is 164 Å². The lowest BCUT2D eigenvalue weighted by atomic mass is 9.85. The van der Waals surface area contributed by atoms with Crippen LogP contribution >= 0.6 is 0 Å². The van der Waals surface area contributed by atoms with E-state index in [9.17, 15) is 9.59 Å². The largest absolute Gasteiger partial charge is 0.492 e. The molecule has 2 aliphatic rings. The standard InChI is InChI=1S/C20H26N4O4/c1-2-28-18-6-5-14(10-21)7-17(18)23-20(27)22-15-8-16(9-15)24(12-19(25)26)11-13-3-4-13/h5-7,13,15-16H,2-4,8-9,11-12H2,1H3,(H,25,26)(H2,22,23,27). The number of carboxylic acids is 1. The summed E-state index contributed by atoms with van der Waals surface area (Å²) in [6.45, 7) is 3.18. The Morgan fingerprint density at radius 2 is 2.11 bits per heavy atom. The summed E-state index contributed by atoms with van der Waals surface area (Å²) >= 11 is 0. The number of benzene rings is 1. The molecule has 0 atom stereocenters. The van der Waals surface area contributed by atoms with Gasteiger partial charge in [0.05, 0.1) is 30.5 Å². The van der Waals surface area contributed by atoms with E-state index in [1.807, 2.05) is 17.9 Å². The molecule has 0 spiro atoms. The van der Waals surface area contributed by atoms with E-state index >= 15 is 0 Å². The SMILES string of the molecule is CCOc1ccc(C#N)cc1NC(=O)NC1CC(N(CC(=O)O)CC2CC2)C1. The highest BCUT2D eigenvalue weighted by molar-refractivity contribution is 5.91. The lowest BCUT2D eigenvalue weighted by Gasteiger charge is -2.42. The number of amides is 2. The minimum Gasteiger partial charge on any atom is -0.492 e. The highest BCUT2D eigenvalue weighted by atomic mass is 16.5. The Kier molecular flexibility index (Phi) is 6.37. The van der Waals surface area contributed by atoms with Gasteiger partial charge in [-0.05, 0) is 56.7 Å². The molecular formula is C20H26N4O4. The number of hydrogen-bond acceptors (Lipinski definition) is 5. The maximum absolute atomic E-state index is 12.3. The van der Waals surface area contributed by atoms with Crippen molar-refractivity contribution in [2.45, 2.75) is 44.7 Å². The fourth-order valence-electron chi connectivity index (χ4n) is 3.47. The normalized spacial score (nSPS) is 20.8. The third-order valence-corrected chi connectivity index (χ3v) is 5.15. The second kappa shape index (κ2) is 8.93. The molecule has 2 saturated carbocycles. The van der Waals surface area contributed by atoms with Gasteiger partial charge in [-0.2, -0.15) is 5.26 Å². The van der Waals surface area contributed by atoms with Gasteiger partial charge in [-0.3, -0.25) is 9.69 Å². The van der Waals surface area contributed by atoms with E-state index in [0.29, 0.717) is 29.5 Å². The van der Waals surface area contributed by atoms with Gasteiger partial charge in [0.15, 0.2) is 0 Å². The zero-order chi connectivity index (χ0) is 20.1. The maximum atomic E-state index is 12.3. The number of carboxylic acid groups (broad SMARTS) is 1. The molecule has 8 heteroatoms. The van der Waals surface area contributed by atoms with Crippen molar-refractivity contribution in [2.75, 3.05) is 25.0 Å². The average molecular weight is 386 g/mol. The predicted molar refractivity (Wildman–Crippen MR) is 103 cm³/mol. The first-order valence-corrected chi connectivity index (χ1v) is 9.68. The predicted octanol–water partition coefficient (Wildman–Crippen LogP) is 2.41. The van der Waals surface area contributed by atoms with Crippen molar-refractivity contribution < 1.29 is 19.4 Å². The molecule has 0 heterocycles. The van der Waals surface area contributed by atoms with E-state index in [-0.39, 0.29) is 24.7 Å². The number of ether oxygens (including phenoxy) is 1. The molecule has 3 N–H and O–H groups in total. The van der Waals surface area contributed by atoms with E-state index in [0.717, 1.165) is 19.4 Å². The fraction of sp³-hybridized carbons (Fsp3) is 0.550. The zero-order valence-electron chi connectivity index (χ0n) is 16.0. The van der Waals surface area contributed by atoms with Gasteiger partial charge in [0.1, 0.15) is 5.75 Å². The first-order chi connectivity index (χ1) is 13.5. The minimum atomic E-state index is -0.810. The lowest BCUT2D eigenvalue weighted by molar-refractivity contribution is -0.139. The third kappa shape index (κ3) is 5.36. The molecule has 8 nitrogen and oxygen atoms in total. The van der Waals surface area contributed by atoms with Gasteiger partial charge in [0.25, 0.3) is 0 Å². The van der Waals surface area contributed by atoms with Crippen LogP contribution in [0.3, 0.4) is 0 Å². The van der Waals surface area contributed by atoms with Crippen LogP contribution in [0.5, 0.6) is 5.75 Å². The number of carbonyl (C=O) groups is 2. The number of nitriles is 1. The van der Waals surface area contributed by atoms with Crippen LogP contribution in [-0.2, 0) is 4.79 Å². The molecule has 150 valence electrons. The van der Waals surface area contributed by atoms with Crippen LogP contribution in [0.1, 0.15) is 38.2 Å². The molecule has 0 aliphatic heterocycles. The molecular weight excluding hydrogens is 360 g/mol. The molecule has 2 amide bonds. The van der Waals surface area contributed by atoms with Crippen LogP contribution in [0.25, 0.3) is 0 Å². The zero-order valence-corrected chi connectivity index (χ0v) is 16.0. The Hall–Kier alpha value is -2.79. The van der Waals surface area contributed by atoms with Crippen LogP contribution in [-0.4, -0.2) is 53.8 Å².